The minimum Gasteiger partial charge on any atom is -0.343 e. The summed E-state index contributed by atoms with van der Waals surface area (Å²) in [5.41, 5.74) is 1.15. The number of amides is 1. The maximum Gasteiger partial charge on any atom is 0.227 e. The van der Waals surface area contributed by atoms with Crippen LogP contribution in [0.15, 0.2) is 22.7 Å². The number of hydrogen-bond acceptors (Lipinski definition) is 5. The Labute approximate surface area is 176 Å². The number of benzene rings is 1. The highest BCUT2D eigenvalue weighted by Crippen LogP contribution is 2.28. The number of hydrogen-bond donors (Lipinski definition) is 1. The number of carbonyl (C=O) groups is 1. The van der Waals surface area contributed by atoms with Gasteiger partial charge in [-0.2, -0.15) is 4.98 Å². The van der Waals surface area contributed by atoms with Gasteiger partial charge in [0.25, 0.3) is 0 Å². The van der Waals surface area contributed by atoms with Crippen molar-refractivity contribution in [3.8, 4) is 11.4 Å². The normalized spacial score (nSPS) is 17.2. The van der Waals surface area contributed by atoms with Gasteiger partial charge in [0.15, 0.2) is 0 Å². The maximum absolute atomic E-state index is 13.7. The van der Waals surface area contributed by atoms with Gasteiger partial charge in [-0.3, -0.25) is 4.79 Å². The van der Waals surface area contributed by atoms with Gasteiger partial charge in [0.05, 0.1) is 0 Å². The third kappa shape index (κ3) is 5.76. The standard InChI is InChI=1S/C21H27FN4O2.ClH/c1-14-2-5-16(12-18(14)22)21-24-19(28-25-21)6-7-20(27)26-10-8-17(9-11-26)23-13-15-3-4-15;/h2,5,12,15,17,23H,3-4,6-11,13H2,1H3;1H. The van der Waals surface area contributed by atoms with E-state index >= 15 is 0 Å². The number of nitrogens with one attached hydrogen (secondary N) is 1. The first-order valence-electron chi connectivity index (χ1n) is 10.2. The van der Waals surface area contributed by atoms with Gasteiger partial charge in [-0.05, 0) is 56.7 Å². The summed E-state index contributed by atoms with van der Waals surface area (Å²) in [6.45, 7) is 4.44. The molecule has 158 valence electrons. The fourth-order valence-electron chi connectivity index (χ4n) is 3.57. The number of halogens is 2. The largest absolute Gasteiger partial charge is 0.343 e. The Morgan fingerprint density at radius 2 is 2.03 bits per heavy atom. The van der Waals surface area contributed by atoms with Crippen molar-refractivity contribution in [1.29, 1.82) is 0 Å². The van der Waals surface area contributed by atoms with Gasteiger partial charge in [0.1, 0.15) is 5.82 Å². The lowest BCUT2D eigenvalue weighted by atomic mass is 10.0. The first-order valence-corrected chi connectivity index (χ1v) is 10.2. The fraction of sp³-hybridized carbons (Fsp3) is 0.571. The molecule has 6 nitrogen and oxygen atoms in total. The molecule has 4 rings (SSSR count). The minimum absolute atomic E-state index is 0. The first-order chi connectivity index (χ1) is 13.6. The van der Waals surface area contributed by atoms with E-state index in [1.807, 2.05) is 4.90 Å². The average molecular weight is 423 g/mol. The molecule has 2 aromatic rings. The van der Waals surface area contributed by atoms with E-state index in [0.717, 1.165) is 38.4 Å². The highest BCUT2D eigenvalue weighted by Gasteiger charge is 2.26. The smallest absolute Gasteiger partial charge is 0.227 e. The molecule has 0 spiro atoms. The molecule has 1 aliphatic heterocycles. The van der Waals surface area contributed by atoms with E-state index in [1.165, 1.54) is 18.9 Å². The van der Waals surface area contributed by atoms with Crippen molar-refractivity contribution in [2.45, 2.75) is 51.5 Å². The Hall–Kier alpha value is -1.99. The molecule has 0 bridgehead atoms. The molecule has 29 heavy (non-hydrogen) atoms. The summed E-state index contributed by atoms with van der Waals surface area (Å²) in [5.74, 6) is 1.47. The number of aromatic nitrogens is 2. The summed E-state index contributed by atoms with van der Waals surface area (Å²) in [4.78, 5) is 18.7. The van der Waals surface area contributed by atoms with Crippen molar-refractivity contribution < 1.29 is 13.7 Å². The summed E-state index contributed by atoms with van der Waals surface area (Å²) >= 11 is 0. The van der Waals surface area contributed by atoms with Crippen molar-refractivity contribution in [3.05, 3.63) is 35.5 Å². The predicted octanol–water partition coefficient (Wildman–Crippen LogP) is 3.53. The molecule has 2 aliphatic rings. The van der Waals surface area contributed by atoms with Crippen LogP contribution in [0.3, 0.4) is 0 Å². The molecule has 1 aromatic heterocycles. The first kappa shape index (κ1) is 21.7. The number of aryl methyl sites for hydroxylation is 2. The van der Waals surface area contributed by atoms with Crippen LogP contribution in [0.5, 0.6) is 0 Å². The van der Waals surface area contributed by atoms with E-state index in [9.17, 15) is 9.18 Å². The van der Waals surface area contributed by atoms with E-state index in [-0.39, 0.29) is 24.1 Å². The lowest BCUT2D eigenvalue weighted by Gasteiger charge is -2.32. The van der Waals surface area contributed by atoms with Crippen molar-refractivity contribution in [2.75, 3.05) is 19.6 Å². The Bertz CT molecular complexity index is 832. The van der Waals surface area contributed by atoms with E-state index < -0.39 is 0 Å². The summed E-state index contributed by atoms with van der Waals surface area (Å²) in [7, 11) is 0. The van der Waals surface area contributed by atoms with E-state index in [4.69, 9.17) is 4.52 Å². The number of rotatable bonds is 7. The number of likely N-dealkylation sites (tertiary alicyclic amines) is 1. The number of piperidine rings is 1. The van der Waals surface area contributed by atoms with Crippen LogP contribution in [-0.2, 0) is 11.2 Å². The highest BCUT2D eigenvalue weighted by atomic mass is 35.5. The molecule has 0 radical (unpaired) electrons. The van der Waals surface area contributed by atoms with Crippen LogP contribution in [0.4, 0.5) is 4.39 Å². The van der Waals surface area contributed by atoms with Gasteiger partial charge >= 0.3 is 0 Å². The molecule has 1 saturated carbocycles. The average Bonchev–Trinajstić information content (AvgIpc) is 3.42. The third-order valence-corrected chi connectivity index (χ3v) is 5.69. The van der Waals surface area contributed by atoms with Crippen molar-refractivity contribution in [3.63, 3.8) is 0 Å². The monoisotopic (exact) mass is 422 g/mol. The van der Waals surface area contributed by atoms with Gasteiger partial charge in [0, 0.05) is 37.5 Å². The summed E-state index contributed by atoms with van der Waals surface area (Å²) in [6.07, 6.45) is 5.51. The molecular weight excluding hydrogens is 395 g/mol. The highest BCUT2D eigenvalue weighted by molar-refractivity contribution is 5.85. The van der Waals surface area contributed by atoms with E-state index in [2.05, 4.69) is 15.5 Å². The Balaban J connectivity index is 0.00000240. The SMILES string of the molecule is Cc1ccc(-c2noc(CCC(=O)N3CCC(NCC4CC4)CC3)n2)cc1F.Cl. The molecule has 1 N–H and O–H groups in total. The Morgan fingerprint density at radius 3 is 2.72 bits per heavy atom. The van der Waals surface area contributed by atoms with Crippen LogP contribution < -0.4 is 5.32 Å². The Kier molecular flexibility index (Phi) is 7.24. The van der Waals surface area contributed by atoms with Gasteiger partial charge in [0.2, 0.25) is 17.6 Å². The van der Waals surface area contributed by atoms with Gasteiger partial charge in [-0.25, -0.2) is 4.39 Å². The molecule has 0 atom stereocenters. The minimum atomic E-state index is -0.297. The van der Waals surface area contributed by atoms with E-state index in [1.54, 1.807) is 19.1 Å². The van der Waals surface area contributed by atoms with Crippen molar-refractivity contribution in [2.24, 2.45) is 5.92 Å². The zero-order valence-electron chi connectivity index (χ0n) is 16.7. The summed E-state index contributed by atoms with van der Waals surface area (Å²) in [5, 5.41) is 7.54. The quantitative estimate of drug-likeness (QED) is 0.739. The molecule has 1 aromatic carbocycles. The van der Waals surface area contributed by atoms with Crippen LogP contribution in [-0.4, -0.2) is 46.6 Å². The van der Waals surface area contributed by atoms with E-state index in [0.29, 0.717) is 41.7 Å². The molecule has 1 amide bonds. The molecule has 8 heteroatoms. The lowest BCUT2D eigenvalue weighted by molar-refractivity contribution is -0.132. The maximum atomic E-state index is 13.7. The fourth-order valence-corrected chi connectivity index (χ4v) is 3.57. The van der Waals surface area contributed by atoms with Crippen LogP contribution in [0.1, 0.15) is 43.6 Å². The zero-order valence-corrected chi connectivity index (χ0v) is 17.5. The van der Waals surface area contributed by atoms with Crippen LogP contribution in [0.25, 0.3) is 11.4 Å². The van der Waals surface area contributed by atoms with Crippen molar-refractivity contribution >= 4 is 18.3 Å². The van der Waals surface area contributed by atoms with Crippen LogP contribution in [0.2, 0.25) is 0 Å². The zero-order chi connectivity index (χ0) is 19.5. The third-order valence-electron chi connectivity index (χ3n) is 5.69. The van der Waals surface area contributed by atoms with Gasteiger partial charge < -0.3 is 14.7 Å². The lowest BCUT2D eigenvalue weighted by Crippen LogP contribution is -2.45. The topological polar surface area (TPSA) is 71.3 Å². The summed E-state index contributed by atoms with van der Waals surface area (Å²) < 4.78 is 18.9. The molecule has 2 heterocycles. The number of nitrogens with zero attached hydrogens (tertiary/aromatic N) is 3. The molecule has 1 saturated heterocycles. The number of carbonyl (C=O) groups excluding carboxylic acids is 1. The van der Waals surface area contributed by atoms with Gasteiger partial charge in [-0.1, -0.05) is 17.3 Å². The molecular formula is C21H28ClFN4O2. The van der Waals surface area contributed by atoms with Gasteiger partial charge in [-0.15, -0.1) is 12.4 Å². The molecule has 0 unspecified atom stereocenters. The second-order valence-corrected chi connectivity index (χ2v) is 7.98. The van der Waals surface area contributed by atoms with Crippen LogP contribution in [0, 0.1) is 18.7 Å². The van der Waals surface area contributed by atoms with Crippen molar-refractivity contribution in [1.82, 2.24) is 20.4 Å². The summed E-state index contributed by atoms with van der Waals surface area (Å²) in [6, 6.07) is 5.39. The van der Waals surface area contributed by atoms with Crippen LogP contribution >= 0.6 is 12.4 Å². The predicted molar refractivity (Wildman–Crippen MR) is 110 cm³/mol. The molecule has 1 aliphatic carbocycles. The second kappa shape index (κ2) is 9.67. The second-order valence-electron chi connectivity index (χ2n) is 7.98. The Morgan fingerprint density at radius 1 is 1.28 bits per heavy atom. The molecule has 2 fully saturated rings.